The van der Waals surface area contributed by atoms with Gasteiger partial charge in [0.25, 0.3) is 0 Å². The maximum atomic E-state index is 3.73. The first-order valence-corrected chi connectivity index (χ1v) is 5.95. The van der Waals surface area contributed by atoms with Crippen LogP contribution in [0.1, 0.15) is 19.3 Å². The molecule has 0 unspecified atom stereocenters. The van der Waals surface area contributed by atoms with Crippen molar-refractivity contribution >= 4 is 19.2 Å². The summed E-state index contributed by atoms with van der Waals surface area (Å²) < 4.78 is 0. The molecule has 0 atom stereocenters. The minimum atomic E-state index is 0.918. The van der Waals surface area contributed by atoms with Crippen LogP contribution >= 0.6 is 0 Å². The van der Waals surface area contributed by atoms with E-state index in [1.165, 1.54) is 10.7 Å². The Labute approximate surface area is 105 Å². The molecule has 0 aliphatic rings. The molecule has 0 spiro atoms. The summed E-state index contributed by atoms with van der Waals surface area (Å²) in [5.74, 6) is 0. The van der Waals surface area contributed by atoms with E-state index in [4.69, 9.17) is 0 Å². The van der Waals surface area contributed by atoms with Crippen molar-refractivity contribution < 1.29 is 0 Å². The Morgan fingerprint density at radius 3 is 2.24 bits per heavy atom. The average molecular weight is 230 g/mol. The van der Waals surface area contributed by atoms with Crippen molar-refractivity contribution in [3.8, 4) is 0 Å². The van der Waals surface area contributed by atoms with Gasteiger partial charge < -0.3 is 0 Å². The number of hydrogen-bond donors (Lipinski definition) is 1. The average Bonchev–Trinajstić information content (AvgIpc) is 2.66. The van der Waals surface area contributed by atoms with Gasteiger partial charge in [-0.3, -0.25) is 0 Å². The first-order chi connectivity index (χ1) is 8.19. The molecule has 3 heteroatoms. The second kappa shape index (κ2) is 8.77. The number of allylic oxidation sites excluding steroid dienone is 2. The number of nitrogens with zero attached hydrogens (tertiary/aromatic N) is 1. The fourth-order valence-electron chi connectivity index (χ4n) is 1.54. The van der Waals surface area contributed by atoms with Crippen molar-refractivity contribution in [3.63, 3.8) is 0 Å². The minimum absolute atomic E-state index is 0.918. The zero-order valence-electron chi connectivity index (χ0n) is 11.5. The molecule has 1 N–H and O–H groups in total. The van der Waals surface area contributed by atoms with Gasteiger partial charge in [0.05, 0.1) is 0 Å². The molecule has 0 aliphatic carbocycles. The smallest absolute Gasteiger partial charge is 0.0683 e. The van der Waals surface area contributed by atoms with E-state index in [2.05, 4.69) is 37.0 Å². The third-order valence-electron chi connectivity index (χ3n) is 2.09. The van der Waals surface area contributed by atoms with E-state index in [9.17, 15) is 0 Å². The molecule has 2 nitrogen and oxygen atoms in total. The van der Waals surface area contributed by atoms with Gasteiger partial charge in [-0.2, -0.15) is 0 Å². The minimum Gasteiger partial charge on any atom is -0.0683 e. The van der Waals surface area contributed by atoms with Crippen LogP contribution in [0.15, 0.2) is 25.3 Å². The summed E-state index contributed by atoms with van der Waals surface area (Å²) in [7, 11) is 6.15. The van der Waals surface area contributed by atoms with E-state index in [0.29, 0.717) is 0 Å². The van der Waals surface area contributed by atoms with E-state index < -0.39 is 0 Å². The maximum Gasteiger partial charge on any atom is -0.0683 e. The molecule has 0 fully saturated rings. The number of aromatic amines is 1. The molecular weight excluding hydrogens is 207 g/mol. The number of hydrogen-bond acceptors (Lipinski definition) is 1. The fourth-order valence-corrected chi connectivity index (χ4v) is 1.54. The molecule has 17 heavy (non-hydrogen) atoms. The molecule has 0 saturated heterocycles. The second-order valence-electron chi connectivity index (χ2n) is 3.68. The SMILES string of the molecule is C=C/C=c1/c(CN(C)C)b[nH]/c1=C/C=C.CC. The van der Waals surface area contributed by atoms with Crippen LogP contribution < -0.4 is 10.6 Å². The molecule has 1 heterocycles. The molecule has 0 aromatic carbocycles. The van der Waals surface area contributed by atoms with E-state index in [1.54, 1.807) is 6.08 Å². The number of rotatable bonds is 4. The largest absolute Gasteiger partial charge is 0.0683 e. The third-order valence-corrected chi connectivity index (χ3v) is 2.09. The molecule has 1 aromatic rings. The normalized spacial score (nSPS) is 12.1. The summed E-state index contributed by atoms with van der Waals surface area (Å²) in [5.41, 5.74) is 1.27. The number of H-pyrrole nitrogens is 1. The van der Waals surface area contributed by atoms with Crippen LogP contribution in [0.2, 0.25) is 0 Å². The van der Waals surface area contributed by atoms with Crippen molar-refractivity contribution in [1.29, 1.82) is 0 Å². The zero-order chi connectivity index (χ0) is 13.3. The Balaban J connectivity index is 0.00000121. The Morgan fingerprint density at radius 2 is 1.76 bits per heavy atom. The molecular formula is C14H23BN2. The summed E-state index contributed by atoms with van der Waals surface area (Å²) >= 11 is 0. The first kappa shape index (κ1) is 15.7. The van der Waals surface area contributed by atoms with E-state index >= 15 is 0 Å². The van der Waals surface area contributed by atoms with Gasteiger partial charge in [-0.1, -0.05) is 13.8 Å². The van der Waals surface area contributed by atoms with Gasteiger partial charge in [0.2, 0.25) is 0 Å². The van der Waals surface area contributed by atoms with Gasteiger partial charge in [-0.05, 0) is 0 Å². The summed E-state index contributed by atoms with van der Waals surface area (Å²) in [6.07, 6.45) is 7.58. The molecule has 0 saturated carbocycles. The molecule has 1 rings (SSSR count). The van der Waals surface area contributed by atoms with Crippen LogP contribution in [-0.2, 0) is 6.54 Å². The van der Waals surface area contributed by atoms with Crippen LogP contribution in [0.25, 0.3) is 12.2 Å². The van der Waals surface area contributed by atoms with Crippen LogP contribution in [-0.4, -0.2) is 30.9 Å². The van der Waals surface area contributed by atoms with Crippen LogP contribution in [0.5, 0.6) is 0 Å². The number of aromatic nitrogens is 1. The summed E-state index contributed by atoms with van der Waals surface area (Å²) in [6.45, 7) is 12.4. The van der Waals surface area contributed by atoms with Crippen molar-refractivity contribution in [3.05, 3.63) is 41.3 Å². The van der Waals surface area contributed by atoms with Gasteiger partial charge in [0, 0.05) is 0 Å². The number of nitrogens with one attached hydrogen (secondary N) is 1. The Hall–Kier alpha value is -1.35. The van der Waals surface area contributed by atoms with Gasteiger partial charge in [-0.25, -0.2) is 0 Å². The molecule has 92 valence electrons. The quantitative estimate of drug-likeness (QED) is 0.827. The Morgan fingerprint density at radius 1 is 1.18 bits per heavy atom. The molecule has 0 bridgehead atoms. The predicted molar refractivity (Wildman–Crippen MR) is 79.5 cm³/mol. The van der Waals surface area contributed by atoms with Crippen LogP contribution in [0.3, 0.4) is 0 Å². The first-order valence-electron chi connectivity index (χ1n) is 5.95. The fraction of sp³-hybridized carbons (Fsp3) is 0.357. The van der Waals surface area contributed by atoms with E-state index in [0.717, 1.165) is 11.9 Å². The van der Waals surface area contributed by atoms with Crippen molar-refractivity contribution in [2.75, 3.05) is 14.1 Å². The molecule has 0 radical (unpaired) electrons. The van der Waals surface area contributed by atoms with Gasteiger partial charge in [0.15, 0.2) is 0 Å². The standard InChI is InChI=1S/C12H17BN2.C2H6/c1-5-7-10-11(9-15(3)4)13-14-12(10)8-6-2;1-2/h5-8,14H,1-2,9H2,3-4H3;1-2H3/b10-7-,12-8+;. The molecule has 0 aliphatic heterocycles. The Kier molecular flexibility index (Phi) is 8.07. The Bertz CT molecular complexity index is 455. The van der Waals surface area contributed by atoms with Gasteiger partial charge in [0.1, 0.15) is 0 Å². The van der Waals surface area contributed by atoms with E-state index in [-0.39, 0.29) is 0 Å². The second-order valence-corrected chi connectivity index (χ2v) is 3.68. The van der Waals surface area contributed by atoms with Crippen molar-refractivity contribution in [1.82, 2.24) is 9.79 Å². The van der Waals surface area contributed by atoms with Gasteiger partial charge in [-0.15, -0.1) is 0 Å². The maximum absolute atomic E-state index is 3.73. The van der Waals surface area contributed by atoms with Crippen molar-refractivity contribution in [2.24, 2.45) is 0 Å². The summed E-state index contributed by atoms with van der Waals surface area (Å²) in [6, 6.07) is 0. The van der Waals surface area contributed by atoms with Crippen LogP contribution in [0, 0.1) is 0 Å². The zero-order valence-corrected chi connectivity index (χ0v) is 11.5. The molecule has 1 aromatic heterocycles. The van der Waals surface area contributed by atoms with Crippen molar-refractivity contribution in [2.45, 2.75) is 20.4 Å². The monoisotopic (exact) mass is 230 g/mol. The summed E-state index contributed by atoms with van der Waals surface area (Å²) in [5, 5.41) is 2.28. The predicted octanol–water partition coefficient (Wildman–Crippen LogP) is 1.37. The van der Waals surface area contributed by atoms with E-state index in [1.807, 2.05) is 39.1 Å². The third kappa shape index (κ3) is 5.00. The summed E-state index contributed by atoms with van der Waals surface area (Å²) in [4.78, 5) is 5.37. The van der Waals surface area contributed by atoms with Gasteiger partial charge >= 0.3 is 91.0 Å². The van der Waals surface area contributed by atoms with Crippen LogP contribution in [0.4, 0.5) is 0 Å². The molecule has 0 amide bonds. The topological polar surface area (TPSA) is 19.0 Å².